The van der Waals surface area contributed by atoms with Crippen molar-refractivity contribution in [1.82, 2.24) is 5.32 Å². The molecule has 0 fully saturated rings. The monoisotopic (exact) mass is 236 g/mol. The highest BCUT2D eigenvalue weighted by Crippen LogP contribution is 2.15. The molecule has 3 N–H and O–H groups in total. The number of nitrogens with two attached hydrogens (primary N) is 1. The Morgan fingerprint density at radius 3 is 2.29 bits per heavy atom. The van der Waals surface area contributed by atoms with Gasteiger partial charge in [-0.25, -0.2) is 4.79 Å². The largest absolute Gasteiger partial charge is 0.444 e. The number of hydrogen-bond acceptors (Lipinski definition) is 3. The van der Waals surface area contributed by atoms with Gasteiger partial charge in [0.05, 0.1) is 6.04 Å². The highest BCUT2D eigenvalue weighted by molar-refractivity contribution is 5.68. The topological polar surface area (TPSA) is 64.3 Å². The van der Waals surface area contributed by atoms with E-state index in [1.165, 1.54) is 0 Å². The lowest BCUT2D eigenvalue weighted by atomic mass is 10.1. The third-order valence-corrected chi connectivity index (χ3v) is 2.17. The highest BCUT2D eigenvalue weighted by Gasteiger charge is 2.18. The fourth-order valence-electron chi connectivity index (χ4n) is 1.35. The minimum atomic E-state index is -0.481. The van der Waals surface area contributed by atoms with Crippen LogP contribution in [0.1, 0.15) is 39.3 Å². The first kappa shape index (κ1) is 13.4. The summed E-state index contributed by atoms with van der Waals surface area (Å²) in [5.74, 6) is 0. The Balaban J connectivity index is 2.57. The van der Waals surface area contributed by atoms with Crippen LogP contribution in [0.15, 0.2) is 24.3 Å². The lowest BCUT2D eigenvalue weighted by molar-refractivity contribution is 0.0508. The predicted octanol–water partition coefficient (Wildman–Crippen LogP) is 2.85. The van der Waals surface area contributed by atoms with Gasteiger partial charge in [0.15, 0.2) is 0 Å². The summed E-state index contributed by atoms with van der Waals surface area (Å²) in [4.78, 5) is 11.6. The molecule has 0 aromatic heterocycles. The third kappa shape index (κ3) is 4.76. The molecular formula is C13H20N2O2. The van der Waals surface area contributed by atoms with E-state index in [2.05, 4.69) is 5.32 Å². The van der Waals surface area contributed by atoms with E-state index < -0.39 is 11.7 Å². The first-order chi connectivity index (χ1) is 7.78. The Kier molecular flexibility index (Phi) is 3.99. The van der Waals surface area contributed by atoms with E-state index >= 15 is 0 Å². The Morgan fingerprint density at radius 2 is 1.82 bits per heavy atom. The van der Waals surface area contributed by atoms with Gasteiger partial charge >= 0.3 is 6.09 Å². The molecule has 0 spiro atoms. The summed E-state index contributed by atoms with van der Waals surface area (Å²) in [6, 6.07) is 7.28. The Hall–Kier alpha value is -1.71. The van der Waals surface area contributed by atoms with Gasteiger partial charge in [-0.1, -0.05) is 12.1 Å². The van der Waals surface area contributed by atoms with Crippen LogP contribution in [0.2, 0.25) is 0 Å². The number of amides is 1. The summed E-state index contributed by atoms with van der Waals surface area (Å²) in [6.45, 7) is 7.40. The normalized spacial score (nSPS) is 12.9. The van der Waals surface area contributed by atoms with Crippen molar-refractivity contribution in [2.24, 2.45) is 0 Å². The van der Waals surface area contributed by atoms with E-state index in [1.807, 2.05) is 52.0 Å². The highest BCUT2D eigenvalue weighted by atomic mass is 16.6. The van der Waals surface area contributed by atoms with Crippen LogP contribution >= 0.6 is 0 Å². The molecule has 0 radical (unpaired) electrons. The number of hydrogen-bond donors (Lipinski definition) is 2. The van der Waals surface area contributed by atoms with Crippen LogP contribution in [0.5, 0.6) is 0 Å². The Morgan fingerprint density at radius 1 is 1.29 bits per heavy atom. The average molecular weight is 236 g/mol. The molecule has 4 nitrogen and oxygen atoms in total. The zero-order chi connectivity index (χ0) is 13.1. The van der Waals surface area contributed by atoms with Gasteiger partial charge in [-0.05, 0) is 45.4 Å². The molecule has 0 aliphatic rings. The van der Waals surface area contributed by atoms with Crippen LogP contribution < -0.4 is 11.1 Å². The van der Waals surface area contributed by atoms with Crippen molar-refractivity contribution in [3.63, 3.8) is 0 Å². The first-order valence-electron chi connectivity index (χ1n) is 5.63. The summed E-state index contributed by atoms with van der Waals surface area (Å²) in [6.07, 6.45) is -0.415. The second-order valence-electron chi connectivity index (χ2n) is 5.03. The number of anilines is 1. The number of ether oxygens (including phenoxy) is 1. The van der Waals surface area contributed by atoms with E-state index in [9.17, 15) is 4.79 Å². The molecule has 0 aliphatic heterocycles. The minimum Gasteiger partial charge on any atom is -0.444 e. The molecule has 0 heterocycles. The van der Waals surface area contributed by atoms with Crippen molar-refractivity contribution in [2.75, 3.05) is 5.73 Å². The number of carbonyl (C=O) groups is 1. The molecule has 94 valence electrons. The van der Waals surface area contributed by atoms with Crippen LogP contribution in [0.25, 0.3) is 0 Å². The molecule has 4 heteroatoms. The SMILES string of the molecule is CC(NC(=O)OC(C)(C)C)c1ccc(N)cc1. The number of nitrogens with one attached hydrogen (secondary N) is 1. The van der Waals surface area contributed by atoms with Crippen molar-refractivity contribution in [2.45, 2.75) is 39.3 Å². The van der Waals surface area contributed by atoms with Gasteiger partial charge in [-0.2, -0.15) is 0 Å². The molecule has 0 saturated carbocycles. The second kappa shape index (κ2) is 5.08. The Labute approximate surface area is 102 Å². The molecule has 1 atom stereocenters. The maximum absolute atomic E-state index is 11.6. The van der Waals surface area contributed by atoms with Gasteiger partial charge < -0.3 is 15.8 Å². The van der Waals surface area contributed by atoms with Gasteiger partial charge in [0.2, 0.25) is 0 Å². The average Bonchev–Trinajstić information content (AvgIpc) is 2.15. The quantitative estimate of drug-likeness (QED) is 0.776. The van der Waals surface area contributed by atoms with Crippen molar-refractivity contribution < 1.29 is 9.53 Å². The van der Waals surface area contributed by atoms with Gasteiger partial charge in [0, 0.05) is 5.69 Å². The van der Waals surface area contributed by atoms with Crippen LogP contribution in [0.3, 0.4) is 0 Å². The lowest BCUT2D eigenvalue weighted by Gasteiger charge is -2.22. The van der Waals surface area contributed by atoms with Gasteiger partial charge in [-0.3, -0.25) is 0 Å². The maximum Gasteiger partial charge on any atom is 0.408 e. The number of benzene rings is 1. The van der Waals surface area contributed by atoms with Crippen molar-refractivity contribution in [1.29, 1.82) is 0 Å². The van der Waals surface area contributed by atoms with Crippen LogP contribution in [0, 0.1) is 0 Å². The van der Waals surface area contributed by atoms with E-state index in [0.717, 1.165) is 5.56 Å². The lowest BCUT2D eigenvalue weighted by Crippen LogP contribution is -2.34. The van der Waals surface area contributed by atoms with Crippen molar-refractivity contribution >= 4 is 11.8 Å². The number of rotatable bonds is 2. The van der Waals surface area contributed by atoms with Crippen LogP contribution in [0.4, 0.5) is 10.5 Å². The van der Waals surface area contributed by atoms with Crippen LogP contribution in [-0.2, 0) is 4.74 Å². The molecule has 0 bridgehead atoms. The summed E-state index contributed by atoms with van der Waals surface area (Å²) < 4.78 is 5.18. The molecule has 0 aliphatic carbocycles. The van der Waals surface area contributed by atoms with E-state index in [1.54, 1.807) is 0 Å². The first-order valence-corrected chi connectivity index (χ1v) is 5.63. The second-order valence-corrected chi connectivity index (χ2v) is 5.03. The molecule has 1 amide bonds. The van der Waals surface area contributed by atoms with Gasteiger partial charge in [0.1, 0.15) is 5.60 Å². The van der Waals surface area contributed by atoms with E-state index in [4.69, 9.17) is 10.5 Å². The summed E-state index contributed by atoms with van der Waals surface area (Å²) >= 11 is 0. The standard InChI is InChI=1S/C13H20N2O2/c1-9(10-5-7-11(14)8-6-10)15-12(16)17-13(2,3)4/h5-9H,14H2,1-4H3,(H,15,16). The molecule has 1 rings (SSSR count). The number of carbonyl (C=O) groups excluding carboxylic acids is 1. The summed E-state index contributed by atoms with van der Waals surface area (Å²) in [5.41, 5.74) is 6.82. The summed E-state index contributed by atoms with van der Waals surface area (Å²) in [7, 11) is 0. The van der Waals surface area contributed by atoms with Crippen molar-refractivity contribution in [3.8, 4) is 0 Å². The number of alkyl carbamates (subject to hydrolysis) is 1. The van der Waals surface area contributed by atoms with Crippen molar-refractivity contribution in [3.05, 3.63) is 29.8 Å². The zero-order valence-corrected chi connectivity index (χ0v) is 10.8. The minimum absolute atomic E-state index is 0.106. The molecular weight excluding hydrogens is 216 g/mol. The van der Waals surface area contributed by atoms with E-state index in [0.29, 0.717) is 5.69 Å². The van der Waals surface area contributed by atoms with E-state index in [-0.39, 0.29) is 6.04 Å². The smallest absolute Gasteiger partial charge is 0.408 e. The molecule has 1 aromatic carbocycles. The molecule has 17 heavy (non-hydrogen) atoms. The van der Waals surface area contributed by atoms with Gasteiger partial charge in [0.25, 0.3) is 0 Å². The molecule has 0 saturated heterocycles. The fraction of sp³-hybridized carbons (Fsp3) is 0.462. The predicted molar refractivity (Wildman–Crippen MR) is 68.6 cm³/mol. The zero-order valence-electron chi connectivity index (χ0n) is 10.8. The molecule has 1 unspecified atom stereocenters. The summed E-state index contributed by atoms with van der Waals surface area (Å²) in [5, 5.41) is 2.77. The van der Waals surface area contributed by atoms with Gasteiger partial charge in [-0.15, -0.1) is 0 Å². The fourth-order valence-corrected chi connectivity index (χ4v) is 1.35. The number of nitrogen functional groups attached to an aromatic ring is 1. The Bertz CT molecular complexity index is 379. The van der Waals surface area contributed by atoms with Crippen LogP contribution in [-0.4, -0.2) is 11.7 Å². The third-order valence-electron chi connectivity index (χ3n) is 2.17. The molecule has 1 aromatic rings. The maximum atomic E-state index is 11.6.